The van der Waals surface area contributed by atoms with E-state index in [1.54, 1.807) is 35.2 Å². The molecule has 2 aliphatic rings. The lowest BCUT2D eigenvalue weighted by molar-refractivity contribution is -0.193. The number of likely N-dealkylation sites (tertiary alicyclic amines) is 1. The average molecular weight is 747 g/mol. The third kappa shape index (κ3) is 19.8. The number of halogens is 9. The second-order valence-corrected chi connectivity index (χ2v) is 10.5. The van der Waals surface area contributed by atoms with Gasteiger partial charge in [-0.05, 0) is 25.3 Å². The Kier molecular flexibility index (Phi) is 18.9. The van der Waals surface area contributed by atoms with Gasteiger partial charge in [0.15, 0.2) is 0 Å². The van der Waals surface area contributed by atoms with Crippen molar-refractivity contribution in [3.05, 3.63) is 23.4 Å². The molecule has 1 aromatic rings. The Balaban J connectivity index is 0.000000891. The maximum atomic E-state index is 12.1. The van der Waals surface area contributed by atoms with Crippen LogP contribution in [0.4, 0.5) is 45.5 Å². The number of nitriles is 1. The van der Waals surface area contributed by atoms with Crippen LogP contribution < -0.4 is 10.6 Å². The number of alkyl halides is 9. The van der Waals surface area contributed by atoms with Crippen LogP contribution in [-0.4, -0.2) is 127 Å². The summed E-state index contributed by atoms with van der Waals surface area (Å²) in [6, 6.07) is 3.89. The fourth-order valence-corrected chi connectivity index (χ4v) is 4.55. The number of nitrogens with zero attached hydrogens (tertiary/aromatic N) is 6. The van der Waals surface area contributed by atoms with E-state index in [1.165, 1.54) is 0 Å². The molecule has 276 valence electrons. The fraction of sp³-hybridized carbons (Fsp3) is 0.609. The van der Waals surface area contributed by atoms with Crippen molar-refractivity contribution in [2.75, 3.05) is 37.2 Å². The maximum absolute atomic E-state index is 12.1. The monoisotopic (exact) mass is 746 g/mol. The van der Waals surface area contributed by atoms with Crippen LogP contribution in [0.2, 0.25) is 0 Å². The maximum Gasteiger partial charge on any atom is 0.490 e. The summed E-state index contributed by atoms with van der Waals surface area (Å²) in [4.78, 5) is 60.1. The van der Waals surface area contributed by atoms with E-state index in [2.05, 4.69) is 36.9 Å². The predicted octanol–water partition coefficient (Wildman–Crippen LogP) is 2.71. The lowest BCUT2D eigenvalue weighted by Gasteiger charge is -2.35. The first-order chi connectivity index (χ1) is 22.5. The van der Waals surface area contributed by atoms with Crippen LogP contribution >= 0.6 is 11.8 Å². The van der Waals surface area contributed by atoms with Crippen molar-refractivity contribution in [2.24, 2.45) is 5.29 Å². The van der Waals surface area contributed by atoms with Crippen molar-refractivity contribution in [3.8, 4) is 6.07 Å². The molecular weight excluding hydrogens is 719 g/mol. The Morgan fingerprint density at radius 1 is 0.959 bits per heavy atom. The number of nitroso groups, excluding NO2 is 1. The minimum Gasteiger partial charge on any atom is -0.475 e. The van der Waals surface area contributed by atoms with Gasteiger partial charge in [-0.2, -0.15) is 44.8 Å². The lowest BCUT2D eigenvalue weighted by atomic mass is 10.0. The van der Waals surface area contributed by atoms with E-state index in [0.29, 0.717) is 12.5 Å². The molecule has 2 aliphatic heterocycles. The number of carbonyl (C=O) groups is 4. The first-order valence-electron chi connectivity index (χ1n) is 13.1. The second kappa shape index (κ2) is 20.8. The first-order valence-corrected chi connectivity index (χ1v) is 14.1. The van der Waals surface area contributed by atoms with Gasteiger partial charge in [0.1, 0.15) is 6.04 Å². The standard InChI is InChI=1S/C17H24N8O2S.3C2HF3O2/c18-10-13-12-28-16(21-13)4-9-25(23-27)14-2-7-24(8-3-14)11-15(26)22-17-19-5-1-6-20-17;3*3-2(4,5)1(6)7/h1,5-6,13-14,16,21H,2-4,7-9,11-12H2,(H,19,20,22,26);3*(H,6,7). The summed E-state index contributed by atoms with van der Waals surface area (Å²) in [7, 11) is 0. The van der Waals surface area contributed by atoms with Crippen LogP contribution in [0.25, 0.3) is 0 Å². The minimum atomic E-state index is -5.08. The minimum absolute atomic E-state index is 0.0902. The van der Waals surface area contributed by atoms with Crippen LogP contribution in [0.3, 0.4) is 0 Å². The van der Waals surface area contributed by atoms with E-state index < -0.39 is 36.4 Å². The summed E-state index contributed by atoms with van der Waals surface area (Å²) < 4.78 is 95.2. The molecule has 0 aromatic carbocycles. The number of carboxylic acids is 3. The van der Waals surface area contributed by atoms with Gasteiger partial charge in [-0.1, -0.05) is 0 Å². The molecule has 0 saturated carbocycles. The fourth-order valence-electron chi connectivity index (χ4n) is 3.42. The topological polar surface area (TPSA) is 239 Å². The zero-order valence-electron chi connectivity index (χ0n) is 24.5. The summed E-state index contributed by atoms with van der Waals surface area (Å²) in [6.45, 7) is 2.31. The molecule has 0 spiro atoms. The van der Waals surface area contributed by atoms with E-state index in [9.17, 15) is 49.2 Å². The van der Waals surface area contributed by atoms with Gasteiger partial charge in [0.2, 0.25) is 11.9 Å². The van der Waals surface area contributed by atoms with Crippen LogP contribution in [-0.2, 0) is 19.2 Å². The Morgan fingerprint density at radius 2 is 1.41 bits per heavy atom. The molecule has 5 N–H and O–H groups in total. The number of hydrogen-bond donors (Lipinski definition) is 5. The molecule has 2 unspecified atom stereocenters. The largest absolute Gasteiger partial charge is 0.490 e. The van der Waals surface area contributed by atoms with Crippen molar-refractivity contribution < 1.29 is 74.0 Å². The van der Waals surface area contributed by atoms with Gasteiger partial charge in [0, 0.05) is 37.8 Å². The number of carbonyl (C=O) groups excluding carboxylic acids is 1. The predicted molar refractivity (Wildman–Crippen MR) is 147 cm³/mol. The molecule has 26 heteroatoms. The van der Waals surface area contributed by atoms with Crippen LogP contribution in [0.15, 0.2) is 23.7 Å². The molecule has 16 nitrogen and oxygen atoms in total. The van der Waals surface area contributed by atoms with E-state index in [4.69, 9.17) is 35.0 Å². The van der Waals surface area contributed by atoms with E-state index in [-0.39, 0.29) is 29.9 Å². The molecule has 1 aromatic heterocycles. The van der Waals surface area contributed by atoms with Gasteiger partial charge in [0.05, 0.1) is 29.3 Å². The molecule has 3 rings (SSSR count). The van der Waals surface area contributed by atoms with Crippen molar-refractivity contribution in [2.45, 2.75) is 55.2 Å². The number of thioether (sulfide) groups is 1. The normalized spacial score (nSPS) is 18.0. The Bertz CT molecular complexity index is 1210. The van der Waals surface area contributed by atoms with Crippen molar-refractivity contribution in [1.82, 2.24) is 25.2 Å². The number of anilines is 1. The highest BCUT2D eigenvalue weighted by Gasteiger charge is 2.39. The van der Waals surface area contributed by atoms with Crippen molar-refractivity contribution >= 4 is 41.5 Å². The number of carboxylic acid groups (broad SMARTS) is 3. The number of aromatic nitrogens is 2. The molecule has 1 amide bonds. The van der Waals surface area contributed by atoms with Crippen LogP contribution in [0.5, 0.6) is 0 Å². The zero-order chi connectivity index (χ0) is 38.0. The Hall–Kier alpha value is -4.51. The molecular formula is C23H27F9N8O8S. The van der Waals surface area contributed by atoms with Gasteiger partial charge < -0.3 is 15.3 Å². The van der Waals surface area contributed by atoms with Crippen LogP contribution in [0, 0.1) is 16.2 Å². The molecule has 2 atom stereocenters. The number of piperidine rings is 1. The molecule has 2 saturated heterocycles. The first kappa shape index (κ1) is 44.5. The number of aliphatic carboxylic acids is 3. The zero-order valence-corrected chi connectivity index (χ0v) is 25.3. The van der Waals surface area contributed by atoms with E-state index in [1.807, 2.05) is 0 Å². The van der Waals surface area contributed by atoms with Gasteiger partial charge in [-0.15, -0.1) is 16.7 Å². The highest BCUT2D eigenvalue weighted by Crippen LogP contribution is 2.23. The number of amides is 1. The molecule has 49 heavy (non-hydrogen) atoms. The molecule has 2 fully saturated rings. The third-order valence-electron chi connectivity index (χ3n) is 5.62. The van der Waals surface area contributed by atoms with Gasteiger partial charge in [-0.3, -0.25) is 25.3 Å². The highest BCUT2D eigenvalue weighted by molar-refractivity contribution is 8.00. The number of nitrogens with one attached hydrogen (secondary N) is 2. The van der Waals surface area contributed by atoms with Gasteiger partial charge in [0.25, 0.3) is 0 Å². The van der Waals surface area contributed by atoms with Crippen molar-refractivity contribution in [1.29, 1.82) is 5.26 Å². The second-order valence-electron chi connectivity index (χ2n) is 9.24. The van der Waals surface area contributed by atoms with E-state index in [0.717, 1.165) is 38.1 Å². The summed E-state index contributed by atoms with van der Waals surface area (Å²) in [5, 5.41) is 41.3. The van der Waals surface area contributed by atoms with Crippen LogP contribution in [0.1, 0.15) is 19.3 Å². The highest BCUT2D eigenvalue weighted by atomic mass is 32.2. The summed E-state index contributed by atoms with van der Waals surface area (Å²) in [6.07, 6.45) is -9.75. The summed E-state index contributed by atoms with van der Waals surface area (Å²) in [5.74, 6) is -7.33. The number of hydrogen-bond acceptors (Lipinski definition) is 12. The lowest BCUT2D eigenvalue weighted by Crippen LogP contribution is -2.46. The molecule has 3 heterocycles. The molecule has 0 aliphatic carbocycles. The smallest absolute Gasteiger partial charge is 0.475 e. The van der Waals surface area contributed by atoms with Crippen molar-refractivity contribution in [3.63, 3.8) is 0 Å². The quantitative estimate of drug-likeness (QED) is 0.146. The molecule has 0 radical (unpaired) electrons. The average Bonchev–Trinajstić information content (AvgIpc) is 3.46. The van der Waals surface area contributed by atoms with Gasteiger partial charge in [-0.25, -0.2) is 24.4 Å². The third-order valence-corrected chi connectivity index (χ3v) is 6.92. The molecule has 0 bridgehead atoms. The Labute approximate surface area is 273 Å². The summed E-state index contributed by atoms with van der Waals surface area (Å²) >= 11 is 1.72. The van der Waals surface area contributed by atoms with Gasteiger partial charge >= 0.3 is 36.4 Å². The van der Waals surface area contributed by atoms with E-state index >= 15 is 0 Å². The Morgan fingerprint density at radius 3 is 1.78 bits per heavy atom. The number of rotatable bonds is 8. The summed E-state index contributed by atoms with van der Waals surface area (Å²) in [5.41, 5.74) is 0. The SMILES string of the molecule is N#CC1CSC(CCN(N=O)C2CCN(CC(=O)Nc3ncccn3)CC2)N1.O=C(O)C(F)(F)F.O=C(O)C(F)(F)F.O=C(O)C(F)(F)F.